The number of halogens is 1. The first kappa shape index (κ1) is 15.6. The van der Waals surface area contributed by atoms with E-state index in [4.69, 9.17) is 16.3 Å². The lowest BCUT2D eigenvalue weighted by Gasteiger charge is -2.05. The molecule has 23 heavy (non-hydrogen) atoms. The van der Waals surface area contributed by atoms with Gasteiger partial charge in [0.2, 0.25) is 0 Å². The number of aromatic nitrogens is 1. The van der Waals surface area contributed by atoms with Gasteiger partial charge in [-0.25, -0.2) is 4.79 Å². The van der Waals surface area contributed by atoms with E-state index in [9.17, 15) is 4.79 Å². The highest BCUT2D eigenvalue weighted by Crippen LogP contribution is 2.23. The van der Waals surface area contributed by atoms with Gasteiger partial charge >= 0.3 is 5.97 Å². The number of benzene rings is 2. The van der Waals surface area contributed by atoms with Crippen molar-refractivity contribution in [3.05, 3.63) is 70.4 Å². The van der Waals surface area contributed by atoms with Crippen molar-refractivity contribution in [1.29, 1.82) is 0 Å². The fourth-order valence-electron chi connectivity index (χ4n) is 2.64. The van der Waals surface area contributed by atoms with Crippen LogP contribution in [0.3, 0.4) is 0 Å². The number of fused-ring (bicyclic) bond motifs is 1. The summed E-state index contributed by atoms with van der Waals surface area (Å²) < 4.78 is 5.34. The predicted octanol–water partition coefficient (Wildman–Crippen LogP) is 4.92. The van der Waals surface area contributed by atoms with Crippen LogP contribution in [0.4, 0.5) is 0 Å². The molecule has 1 N–H and O–H groups in total. The lowest BCUT2D eigenvalue weighted by Crippen LogP contribution is -2.07. The van der Waals surface area contributed by atoms with Crippen molar-refractivity contribution >= 4 is 28.5 Å². The molecule has 0 fully saturated rings. The molecule has 0 unspecified atom stereocenters. The van der Waals surface area contributed by atoms with Gasteiger partial charge in [-0.3, -0.25) is 0 Å². The summed E-state index contributed by atoms with van der Waals surface area (Å²) in [6.45, 7) is 2.36. The van der Waals surface area contributed by atoms with Gasteiger partial charge in [0.15, 0.2) is 0 Å². The van der Waals surface area contributed by atoms with Crippen LogP contribution in [-0.4, -0.2) is 17.6 Å². The molecule has 2 aromatic carbocycles. The first-order chi connectivity index (χ1) is 11.1. The minimum Gasteiger partial charge on any atom is -0.462 e. The van der Waals surface area contributed by atoms with E-state index in [1.54, 1.807) is 6.07 Å². The van der Waals surface area contributed by atoms with Crippen molar-refractivity contribution in [2.24, 2.45) is 0 Å². The van der Waals surface area contributed by atoms with E-state index in [1.165, 1.54) is 5.56 Å². The van der Waals surface area contributed by atoms with Gasteiger partial charge in [-0.15, -0.1) is 0 Å². The van der Waals surface area contributed by atoms with Crippen LogP contribution >= 0.6 is 11.6 Å². The number of nitrogens with one attached hydrogen (secondary N) is 1. The van der Waals surface area contributed by atoms with Gasteiger partial charge in [0, 0.05) is 22.1 Å². The highest BCUT2D eigenvalue weighted by atomic mass is 35.5. The Bertz CT molecular complexity index is 838. The van der Waals surface area contributed by atoms with Gasteiger partial charge in [0.05, 0.1) is 12.2 Å². The van der Waals surface area contributed by atoms with Crippen molar-refractivity contribution in [3.8, 4) is 0 Å². The summed E-state index contributed by atoms with van der Waals surface area (Å²) in [5, 5.41) is 1.85. The van der Waals surface area contributed by atoms with E-state index >= 15 is 0 Å². The van der Waals surface area contributed by atoms with Crippen molar-refractivity contribution in [2.45, 2.75) is 19.8 Å². The lowest BCUT2D eigenvalue weighted by molar-refractivity contribution is 0.0500. The van der Waals surface area contributed by atoms with Crippen molar-refractivity contribution < 1.29 is 9.53 Å². The van der Waals surface area contributed by atoms with Gasteiger partial charge in [0.25, 0.3) is 0 Å². The summed E-state index contributed by atoms with van der Waals surface area (Å²) in [4.78, 5) is 15.2. The standard InChI is InChI=1S/C19H18ClNO2/c1-13-4-2-5-14(10-13)19(22)23-9-3-6-15-12-21-18-8-7-16(20)11-17(15)18/h2,4-5,7-8,10-12,21H,3,6,9H2,1H3. The summed E-state index contributed by atoms with van der Waals surface area (Å²) in [5.74, 6) is -0.268. The molecule has 1 heterocycles. The molecule has 0 atom stereocenters. The number of H-pyrrole nitrogens is 1. The number of carbonyl (C=O) groups excluding carboxylic acids is 1. The fraction of sp³-hybridized carbons (Fsp3) is 0.211. The van der Waals surface area contributed by atoms with E-state index in [0.717, 1.165) is 34.3 Å². The Balaban J connectivity index is 1.55. The molecule has 3 nitrogen and oxygen atoms in total. The number of carbonyl (C=O) groups is 1. The quantitative estimate of drug-likeness (QED) is 0.534. The normalized spacial score (nSPS) is 10.9. The van der Waals surface area contributed by atoms with Gasteiger partial charge in [-0.1, -0.05) is 29.3 Å². The number of aromatic amines is 1. The Kier molecular flexibility index (Phi) is 4.68. The molecule has 0 saturated carbocycles. The molecule has 0 aliphatic carbocycles. The zero-order valence-electron chi connectivity index (χ0n) is 12.9. The van der Waals surface area contributed by atoms with Crippen LogP contribution in [0.25, 0.3) is 10.9 Å². The number of rotatable bonds is 5. The third kappa shape index (κ3) is 3.74. The second-order valence-electron chi connectivity index (χ2n) is 5.61. The fourth-order valence-corrected chi connectivity index (χ4v) is 2.81. The molecule has 0 saturated heterocycles. The number of ether oxygens (including phenoxy) is 1. The zero-order valence-corrected chi connectivity index (χ0v) is 13.7. The monoisotopic (exact) mass is 327 g/mol. The van der Waals surface area contributed by atoms with E-state index < -0.39 is 0 Å². The van der Waals surface area contributed by atoms with Crippen LogP contribution in [0.5, 0.6) is 0 Å². The van der Waals surface area contributed by atoms with E-state index in [1.807, 2.05) is 49.5 Å². The van der Waals surface area contributed by atoms with Gasteiger partial charge in [0.1, 0.15) is 0 Å². The highest BCUT2D eigenvalue weighted by molar-refractivity contribution is 6.31. The van der Waals surface area contributed by atoms with Crippen LogP contribution in [0.1, 0.15) is 27.9 Å². The first-order valence-electron chi connectivity index (χ1n) is 7.63. The first-order valence-corrected chi connectivity index (χ1v) is 8.00. The Labute approximate surface area is 140 Å². The summed E-state index contributed by atoms with van der Waals surface area (Å²) in [6.07, 6.45) is 3.60. The Morgan fingerprint density at radius 2 is 2.09 bits per heavy atom. The largest absolute Gasteiger partial charge is 0.462 e. The third-order valence-corrected chi connectivity index (χ3v) is 4.04. The highest BCUT2D eigenvalue weighted by Gasteiger charge is 2.08. The van der Waals surface area contributed by atoms with Crippen LogP contribution in [0.15, 0.2) is 48.7 Å². The predicted molar refractivity (Wildman–Crippen MR) is 93.1 cm³/mol. The topological polar surface area (TPSA) is 42.1 Å². The smallest absolute Gasteiger partial charge is 0.338 e. The Hall–Kier alpha value is -2.26. The molecule has 4 heteroatoms. The second-order valence-corrected chi connectivity index (χ2v) is 6.05. The number of esters is 1. The average molecular weight is 328 g/mol. The molecule has 0 amide bonds. The summed E-state index contributed by atoms with van der Waals surface area (Å²) in [6, 6.07) is 13.2. The maximum absolute atomic E-state index is 12.0. The van der Waals surface area contributed by atoms with E-state index in [2.05, 4.69) is 4.98 Å². The molecular formula is C19H18ClNO2. The minimum atomic E-state index is -0.268. The van der Waals surface area contributed by atoms with Crippen LogP contribution < -0.4 is 0 Å². The van der Waals surface area contributed by atoms with Gasteiger partial charge in [-0.2, -0.15) is 0 Å². The van der Waals surface area contributed by atoms with E-state index in [-0.39, 0.29) is 5.97 Å². The van der Waals surface area contributed by atoms with Gasteiger partial charge in [-0.05, 0) is 55.7 Å². The Morgan fingerprint density at radius 3 is 2.91 bits per heavy atom. The van der Waals surface area contributed by atoms with Crippen LogP contribution in [-0.2, 0) is 11.2 Å². The maximum Gasteiger partial charge on any atom is 0.338 e. The lowest BCUT2D eigenvalue weighted by atomic mass is 10.1. The van der Waals surface area contributed by atoms with Crippen molar-refractivity contribution in [2.75, 3.05) is 6.61 Å². The number of hydrogen-bond donors (Lipinski definition) is 1. The third-order valence-electron chi connectivity index (χ3n) is 3.81. The number of aryl methyl sites for hydroxylation is 2. The zero-order chi connectivity index (χ0) is 16.2. The molecule has 118 valence electrons. The summed E-state index contributed by atoms with van der Waals surface area (Å²) in [5.41, 5.74) is 3.91. The maximum atomic E-state index is 12.0. The summed E-state index contributed by atoms with van der Waals surface area (Å²) in [7, 11) is 0. The minimum absolute atomic E-state index is 0.268. The van der Waals surface area contributed by atoms with Crippen molar-refractivity contribution in [3.63, 3.8) is 0 Å². The molecule has 0 spiro atoms. The van der Waals surface area contributed by atoms with Crippen LogP contribution in [0.2, 0.25) is 5.02 Å². The van der Waals surface area contributed by atoms with E-state index in [0.29, 0.717) is 12.2 Å². The molecular weight excluding hydrogens is 310 g/mol. The van der Waals surface area contributed by atoms with Crippen LogP contribution in [0, 0.1) is 6.92 Å². The molecule has 0 radical (unpaired) electrons. The second kappa shape index (κ2) is 6.88. The summed E-state index contributed by atoms with van der Waals surface area (Å²) >= 11 is 6.05. The molecule has 3 aromatic rings. The molecule has 0 bridgehead atoms. The van der Waals surface area contributed by atoms with Crippen molar-refractivity contribution in [1.82, 2.24) is 4.98 Å². The molecule has 0 aliphatic heterocycles. The molecule has 0 aliphatic rings. The molecule has 1 aromatic heterocycles. The SMILES string of the molecule is Cc1cccc(C(=O)OCCCc2c[nH]c3ccc(Cl)cc23)c1. The van der Waals surface area contributed by atoms with Gasteiger partial charge < -0.3 is 9.72 Å². The Morgan fingerprint density at radius 1 is 1.22 bits per heavy atom. The average Bonchev–Trinajstić information content (AvgIpc) is 2.93. The number of hydrogen-bond acceptors (Lipinski definition) is 2. The molecule has 3 rings (SSSR count).